The fourth-order valence-electron chi connectivity index (χ4n) is 3.49. The molecule has 8 nitrogen and oxygen atoms in total. The van der Waals surface area contributed by atoms with Crippen LogP contribution < -0.4 is 9.64 Å². The number of ether oxygens (including phenoxy) is 1. The second-order valence-electron chi connectivity index (χ2n) is 7.74. The van der Waals surface area contributed by atoms with Crippen LogP contribution in [0, 0.1) is 0 Å². The average Bonchev–Trinajstić information content (AvgIpc) is 3.28. The minimum atomic E-state index is 0.0443. The summed E-state index contributed by atoms with van der Waals surface area (Å²) in [5.41, 5.74) is 1.50. The summed E-state index contributed by atoms with van der Waals surface area (Å²) in [5, 5.41) is 3.99. The van der Waals surface area contributed by atoms with Crippen molar-refractivity contribution in [2.75, 3.05) is 31.1 Å². The van der Waals surface area contributed by atoms with E-state index in [9.17, 15) is 4.79 Å². The largest absolute Gasteiger partial charge is 0.491 e. The van der Waals surface area contributed by atoms with E-state index >= 15 is 0 Å². The third-order valence-corrected chi connectivity index (χ3v) is 5.14. The lowest BCUT2D eigenvalue weighted by molar-refractivity contribution is 0.0746. The number of hydrogen-bond acceptors (Lipinski definition) is 7. The maximum Gasteiger partial charge on any atom is 0.253 e. The number of aromatic nitrogens is 3. The number of carbonyl (C=O) groups is 1. The molecule has 162 valence electrons. The van der Waals surface area contributed by atoms with Gasteiger partial charge in [-0.25, -0.2) is 4.98 Å². The van der Waals surface area contributed by atoms with Crippen LogP contribution in [0.3, 0.4) is 0 Å². The first-order valence-corrected chi connectivity index (χ1v) is 10.6. The van der Waals surface area contributed by atoms with Gasteiger partial charge in [0.2, 0.25) is 11.7 Å². The van der Waals surface area contributed by atoms with E-state index in [0.717, 1.165) is 30.2 Å². The van der Waals surface area contributed by atoms with Gasteiger partial charge in [0, 0.05) is 49.9 Å². The fraction of sp³-hybridized carbons (Fsp3) is 0.391. The highest BCUT2D eigenvalue weighted by molar-refractivity contribution is 5.94. The fourth-order valence-corrected chi connectivity index (χ4v) is 3.49. The lowest BCUT2D eigenvalue weighted by atomic mass is 10.1. The topological polar surface area (TPSA) is 84.6 Å². The zero-order valence-electron chi connectivity index (χ0n) is 18.1. The Kier molecular flexibility index (Phi) is 6.16. The summed E-state index contributed by atoms with van der Waals surface area (Å²) in [6.07, 6.45) is 2.58. The maximum atomic E-state index is 12.8. The van der Waals surface area contributed by atoms with E-state index in [4.69, 9.17) is 9.26 Å². The molecule has 0 atom stereocenters. The smallest absolute Gasteiger partial charge is 0.253 e. The molecule has 0 radical (unpaired) electrons. The Morgan fingerprint density at radius 3 is 2.42 bits per heavy atom. The van der Waals surface area contributed by atoms with Gasteiger partial charge in [0.1, 0.15) is 11.6 Å². The van der Waals surface area contributed by atoms with Gasteiger partial charge < -0.3 is 19.1 Å². The van der Waals surface area contributed by atoms with Crippen molar-refractivity contribution in [3.63, 3.8) is 0 Å². The summed E-state index contributed by atoms with van der Waals surface area (Å²) < 4.78 is 10.8. The molecule has 0 N–H and O–H groups in total. The Labute approximate surface area is 181 Å². The highest BCUT2D eigenvalue weighted by atomic mass is 16.5. The van der Waals surface area contributed by atoms with E-state index in [-0.39, 0.29) is 12.0 Å². The van der Waals surface area contributed by atoms with Crippen molar-refractivity contribution in [1.29, 1.82) is 0 Å². The van der Waals surface area contributed by atoms with Crippen molar-refractivity contribution in [1.82, 2.24) is 20.0 Å². The van der Waals surface area contributed by atoms with Crippen LogP contribution in [0.25, 0.3) is 11.4 Å². The van der Waals surface area contributed by atoms with Gasteiger partial charge in [-0.15, -0.1) is 0 Å². The van der Waals surface area contributed by atoms with Crippen molar-refractivity contribution < 1.29 is 14.1 Å². The number of benzene rings is 1. The Morgan fingerprint density at radius 1 is 1.10 bits per heavy atom. The van der Waals surface area contributed by atoms with Crippen LogP contribution in [0.15, 0.2) is 47.1 Å². The molecule has 0 aliphatic carbocycles. The highest BCUT2D eigenvalue weighted by Crippen LogP contribution is 2.21. The third kappa shape index (κ3) is 4.84. The number of amides is 1. The number of carbonyl (C=O) groups excluding carboxylic acids is 1. The number of hydrogen-bond donors (Lipinski definition) is 0. The van der Waals surface area contributed by atoms with Crippen LogP contribution >= 0.6 is 0 Å². The highest BCUT2D eigenvalue weighted by Gasteiger charge is 2.23. The molecule has 1 aliphatic heterocycles. The van der Waals surface area contributed by atoms with E-state index in [1.165, 1.54) is 0 Å². The van der Waals surface area contributed by atoms with E-state index in [1.807, 2.05) is 62.1 Å². The van der Waals surface area contributed by atoms with Gasteiger partial charge in [-0.1, -0.05) is 12.1 Å². The Balaban J connectivity index is 1.34. The number of anilines is 1. The minimum absolute atomic E-state index is 0.0443. The average molecular weight is 422 g/mol. The van der Waals surface area contributed by atoms with Crippen LogP contribution in [0.4, 0.5) is 5.82 Å². The first kappa shape index (κ1) is 20.8. The van der Waals surface area contributed by atoms with E-state index in [1.54, 1.807) is 6.20 Å². The van der Waals surface area contributed by atoms with Crippen molar-refractivity contribution in [2.24, 2.45) is 0 Å². The van der Waals surface area contributed by atoms with Crippen molar-refractivity contribution in [2.45, 2.75) is 33.3 Å². The predicted octanol–water partition coefficient (Wildman–Crippen LogP) is 3.44. The first-order chi connectivity index (χ1) is 15.0. The molecule has 3 aromatic rings. The minimum Gasteiger partial charge on any atom is -0.491 e. The Morgan fingerprint density at radius 2 is 1.84 bits per heavy atom. The van der Waals surface area contributed by atoms with Crippen LogP contribution in [0.2, 0.25) is 0 Å². The van der Waals surface area contributed by atoms with Gasteiger partial charge in [-0.3, -0.25) is 4.79 Å². The molecular formula is C23H27N5O3. The molecule has 1 aliphatic rings. The molecule has 1 aromatic carbocycles. The lowest BCUT2D eigenvalue weighted by Gasteiger charge is -2.35. The van der Waals surface area contributed by atoms with Crippen molar-refractivity contribution in [3.8, 4) is 17.1 Å². The van der Waals surface area contributed by atoms with E-state index in [0.29, 0.717) is 36.8 Å². The summed E-state index contributed by atoms with van der Waals surface area (Å²) in [6, 6.07) is 11.3. The zero-order valence-corrected chi connectivity index (χ0v) is 18.1. The summed E-state index contributed by atoms with van der Waals surface area (Å²) in [4.78, 5) is 25.8. The summed E-state index contributed by atoms with van der Waals surface area (Å²) in [7, 11) is 0. The molecule has 0 bridgehead atoms. The number of pyridine rings is 1. The first-order valence-electron chi connectivity index (χ1n) is 10.6. The number of rotatable bonds is 6. The lowest BCUT2D eigenvalue weighted by Crippen LogP contribution is -2.49. The summed E-state index contributed by atoms with van der Waals surface area (Å²) in [5.74, 6) is 2.86. The molecule has 1 saturated heterocycles. The molecule has 2 aromatic heterocycles. The molecule has 8 heteroatoms. The Hall–Kier alpha value is -3.42. The second-order valence-corrected chi connectivity index (χ2v) is 7.74. The molecule has 4 rings (SSSR count). The maximum absolute atomic E-state index is 12.8. The van der Waals surface area contributed by atoms with Crippen LogP contribution in [-0.4, -0.2) is 58.2 Å². The van der Waals surface area contributed by atoms with Gasteiger partial charge in [0.15, 0.2) is 0 Å². The monoisotopic (exact) mass is 421 g/mol. The number of aryl methyl sites for hydroxylation is 1. The van der Waals surface area contributed by atoms with E-state index in [2.05, 4.69) is 20.0 Å². The van der Waals surface area contributed by atoms with Gasteiger partial charge >= 0.3 is 0 Å². The van der Waals surface area contributed by atoms with E-state index < -0.39 is 0 Å². The normalized spacial score (nSPS) is 14.2. The standard InChI is InChI=1S/C23H27N5O3/c1-4-21-25-22(26-31-21)18-7-10-20(24-15-18)27-11-13-28(14-12-27)23(29)17-5-8-19(9-6-17)30-16(2)3/h5-10,15-16H,4,11-14H2,1-3H3. The zero-order chi connectivity index (χ0) is 21.8. The molecule has 1 fully saturated rings. The molecule has 31 heavy (non-hydrogen) atoms. The number of piperazine rings is 1. The SMILES string of the molecule is CCc1nc(-c2ccc(N3CCN(C(=O)c4ccc(OC(C)C)cc4)CC3)nc2)no1. The van der Waals surface area contributed by atoms with Gasteiger partial charge in [-0.05, 0) is 50.2 Å². The quantitative estimate of drug-likeness (QED) is 0.603. The van der Waals surface area contributed by atoms with Crippen LogP contribution in [0.5, 0.6) is 5.75 Å². The second kappa shape index (κ2) is 9.16. The van der Waals surface area contributed by atoms with Crippen LogP contribution in [-0.2, 0) is 6.42 Å². The number of nitrogens with zero attached hydrogens (tertiary/aromatic N) is 5. The molecule has 1 amide bonds. The molecule has 0 spiro atoms. The molecule has 0 saturated carbocycles. The third-order valence-electron chi connectivity index (χ3n) is 5.14. The summed E-state index contributed by atoms with van der Waals surface area (Å²) in [6.45, 7) is 8.69. The van der Waals surface area contributed by atoms with Gasteiger partial charge in [0.05, 0.1) is 6.10 Å². The Bertz CT molecular complexity index is 1010. The molecular weight excluding hydrogens is 394 g/mol. The van der Waals surface area contributed by atoms with Gasteiger partial charge in [0.25, 0.3) is 5.91 Å². The molecule has 0 unspecified atom stereocenters. The summed E-state index contributed by atoms with van der Waals surface area (Å²) >= 11 is 0. The van der Waals surface area contributed by atoms with Crippen molar-refractivity contribution in [3.05, 3.63) is 54.0 Å². The predicted molar refractivity (Wildman–Crippen MR) is 117 cm³/mol. The van der Waals surface area contributed by atoms with Crippen LogP contribution in [0.1, 0.15) is 37.0 Å². The molecule has 3 heterocycles. The van der Waals surface area contributed by atoms with Crippen molar-refractivity contribution >= 4 is 11.7 Å². The van der Waals surface area contributed by atoms with Gasteiger partial charge in [-0.2, -0.15) is 4.98 Å².